The highest BCUT2D eigenvalue weighted by Crippen LogP contribution is 2.33. The number of anilines is 1. The summed E-state index contributed by atoms with van der Waals surface area (Å²) in [4.78, 5) is 0. The molecule has 1 fully saturated rings. The molecule has 1 aliphatic carbocycles. The van der Waals surface area contributed by atoms with Crippen LogP contribution in [0.15, 0.2) is 22.7 Å². The van der Waals surface area contributed by atoms with E-state index in [0.717, 1.165) is 28.8 Å². The number of ether oxygens (including phenoxy) is 3. The van der Waals surface area contributed by atoms with Crippen molar-refractivity contribution in [1.82, 2.24) is 0 Å². The van der Waals surface area contributed by atoms with Crippen LogP contribution in [0.1, 0.15) is 18.9 Å². The number of benzene rings is 1. The Balaban J connectivity index is 2.05. The predicted octanol–water partition coefficient (Wildman–Crippen LogP) is 3.20. The van der Waals surface area contributed by atoms with Crippen molar-refractivity contribution in [2.75, 3.05) is 26.1 Å². The van der Waals surface area contributed by atoms with Gasteiger partial charge in [-0.3, -0.25) is 0 Å². The Labute approximate surface area is 128 Å². The highest BCUT2D eigenvalue weighted by atomic mass is 79.9. The second-order valence-corrected chi connectivity index (χ2v) is 5.73. The minimum absolute atomic E-state index is 0.101. The van der Waals surface area contributed by atoms with Gasteiger partial charge in [0.15, 0.2) is 0 Å². The van der Waals surface area contributed by atoms with E-state index in [0.29, 0.717) is 6.61 Å². The third-order valence-electron chi connectivity index (χ3n) is 3.65. The molecule has 1 aromatic rings. The molecule has 20 heavy (non-hydrogen) atoms. The van der Waals surface area contributed by atoms with Gasteiger partial charge in [0.1, 0.15) is 6.10 Å². The van der Waals surface area contributed by atoms with Crippen LogP contribution in [0.3, 0.4) is 0 Å². The van der Waals surface area contributed by atoms with Crippen LogP contribution in [0, 0.1) is 0 Å². The summed E-state index contributed by atoms with van der Waals surface area (Å²) in [6.45, 7) is 3.31. The maximum absolute atomic E-state index is 5.65. The van der Waals surface area contributed by atoms with Crippen molar-refractivity contribution >= 4 is 21.6 Å². The highest BCUT2D eigenvalue weighted by molar-refractivity contribution is 9.10. The van der Waals surface area contributed by atoms with Gasteiger partial charge in [0, 0.05) is 36.6 Å². The molecule has 0 saturated heterocycles. The zero-order chi connectivity index (χ0) is 14.5. The number of rotatable bonds is 7. The molecular formula is C15H22BrNO3. The largest absolute Gasteiger partial charge is 0.380 e. The Kier molecular flexibility index (Phi) is 5.84. The van der Waals surface area contributed by atoms with Crippen LogP contribution in [-0.4, -0.2) is 39.1 Å². The fourth-order valence-electron chi connectivity index (χ4n) is 2.60. The van der Waals surface area contributed by atoms with Crippen molar-refractivity contribution in [3.05, 3.63) is 28.2 Å². The van der Waals surface area contributed by atoms with E-state index in [9.17, 15) is 0 Å². The van der Waals surface area contributed by atoms with E-state index in [1.807, 2.05) is 19.1 Å². The Bertz CT molecular complexity index is 441. The average Bonchev–Trinajstić information content (AvgIpc) is 2.41. The van der Waals surface area contributed by atoms with Gasteiger partial charge in [0.05, 0.1) is 18.8 Å². The second kappa shape index (κ2) is 7.41. The fraction of sp³-hybridized carbons (Fsp3) is 0.600. The topological polar surface area (TPSA) is 39.7 Å². The Hall–Kier alpha value is -0.620. The second-order valence-electron chi connectivity index (χ2n) is 4.88. The van der Waals surface area contributed by atoms with Gasteiger partial charge >= 0.3 is 0 Å². The summed E-state index contributed by atoms with van der Waals surface area (Å²) in [5, 5.41) is 3.55. The van der Waals surface area contributed by atoms with Crippen LogP contribution in [-0.2, 0) is 20.8 Å². The summed E-state index contributed by atoms with van der Waals surface area (Å²) in [6, 6.07) is 6.39. The third kappa shape index (κ3) is 3.34. The van der Waals surface area contributed by atoms with Crippen molar-refractivity contribution in [3.63, 3.8) is 0 Å². The minimum Gasteiger partial charge on any atom is -0.380 e. The summed E-state index contributed by atoms with van der Waals surface area (Å²) < 4.78 is 17.5. The molecule has 4 nitrogen and oxygen atoms in total. The van der Waals surface area contributed by atoms with Gasteiger partial charge in [-0.1, -0.05) is 22.0 Å². The minimum atomic E-state index is 0.101. The highest BCUT2D eigenvalue weighted by Gasteiger charge is 2.42. The quantitative estimate of drug-likeness (QED) is 0.825. The molecule has 1 N–H and O–H groups in total. The normalized spacial score (nSPS) is 25.3. The number of nitrogens with one attached hydrogen (secondary N) is 1. The molecule has 0 aliphatic heterocycles. The van der Waals surface area contributed by atoms with E-state index < -0.39 is 0 Å². The molecule has 0 amide bonds. The summed E-state index contributed by atoms with van der Waals surface area (Å²) >= 11 is 3.57. The third-order valence-corrected chi connectivity index (χ3v) is 4.39. The summed E-state index contributed by atoms with van der Waals surface area (Å²) in [7, 11) is 3.44. The van der Waals surface area contributed by atoms with Gasteiger partial charge in [-0.15, -0.1) is 0 Å². The summed E-state index contributed by atoms with van der Waals surface area (Å²) in [6.07, 6.45) is 1.26. The van der Waals surface area contributed by atoms with E-state index in [1.165, 1.54) is 0 Å². The average molecular weight is 344 g/mol. The van der Waals surface area contributed by atoms with E-state index in [1.54, 1.807) is 14.2 Å². The Morgan fingerprint density at radius 2 is 2.15 bits per heavy atom. The first-order chi connectivity index (χ1) is 9.71. The molecule has 1 aromatic carbocycles. The maximum atomic E-state index is 5.65. The lowest BCUT2D eigenvalue weighted by atomic mass is 9.84. The van der Waals surface area contributed by atoms with Gasteiger partial charge in [0.2, 0.25) is 0 Å². The first-order valence-corrected chi connectivity index (χ1v) is 7.67. The van der Waals surface area contributed by atoms with Crippen LogP contribution >= 0.6 is 15.9 Å². The molecule has 5 heteroatoms. The molecule has 0 aromatic heterocycles. The van der Waals surface area contributed by atoms with Gasteiger partial charge in [-0.2, -0.15) is 0 Å². The molecule has 0 spiro atoms. The monoisotopic (exact) mass is 343 g/mol. The molecule has 0 radical (unpaired) electrons. The van der Waals surface area contributed by atoms with Crippen LogP contribution in [0.4, 0.5) is 5.69 Å². The first-order valence-electron chi connectivity index (χ1n) is 6.88. The molecule has 1 aliphatic rings. The van der Waals surface area contributed by atoms with Crippen molar-refractivity contribution in [2.45, 2.75) is 38.2 Å². The number of hydrogen-bond acceptors (Lipinski definition) is 4. The van der Waals surface area contributed by atoms with E-state index >= 15 is 0 Å². The maximum Gasteiger partial charge on any atom is 0.103 e. The zero-order valence-corrected chi connectivity index (χ0v) is 13.8. The van der Waals surface area contributed by atoms with E-state index in [4.69, 9.17) is 14.2 Å². The Morgan fingerprint density at radius 3 is 2.80 bits per heavy atom. The van der Waals surface area contributed by atoms with E-state index in [2.05, 4.69) is 27.3 Å². The van der Waals surface area contributed by atoms with Gasteiger partial charge in [-0.05, 0) is 25.5 Å². The van der Waals surface area contributed by atoms with Crippen LogP contribution in [0.5, 0.6) is 0 Å². The fourth-order valence-corrected chi connectivity index (χ4v) is 3.08. The predicted molar refractivity (Wildman–Crippen MR) is 83.1 cm³/mol. The molecule has 3 atom stereocenters. The summed E-state index contributed by atoms with van der Waals surface area (Å²) in [5.74, 6) is 0. The zero-order valence-electron chi connectivity index (χ0n) is 12.2. The van der Waals surface area contributed by atoms with Crippen molar-refractivity contribution < 1.29 is 14.2 Å². The van der Waals surface area contributed by atoms with Crippen LogP contribution in [0.25, 0.3) is 0 Å². The van der Waals surface area contributed by atoms with Crippen molar-refractivity contribution in [2.24, 2.45) is 0 Å². The van der Waals surface area contributed by atoms with Gasteiger partial charge in [0.25, 0.3) is 0 Å². The molecule has 0 heterocycles. The number of hydrogen-bond donors (Lipinski definition) is 1. The number of methoxy groups -OCH3 is 2. The lowest BCUT2D eigenvalue weighted by Gasteiger charge is -2.44. The van der Waals surface area contributed by atoms with E-state index in [-0.39, 0.29) is 18.2 Å². The summed E-state index contributed by atoms with van der Waals surface area (Å²) in [5.41, 5.74) is 2.22. The van der Waals surface area contributed by atoms with Crippen LogP contribution < -0.4 is 5.32 Å². The molecule has 1 saturated carbocycles. The first kappa shape index (κ1) is 15.8. The Morgan fingerprint density at radius 1 is 1.35 bits per heavy atom. The molecule has 3 unspecified atom stereocenters. The molecular weight excluding hydrogens is 322 g/mol. The number of halogens is 1. The molecule has 2 rings (SSSR count). The molecule has 112 valence electrons. The lowest BCUT2D eigenvalue weighted by Crippen LogP contribution is -2.56. The SMILES string of the molecule is CCOC1CC(Nc2cccc(Br)c2COC)C1OC. The van der Waals surface area contributed by atoms with Gasteiger partial charge < -0.3 is 19.5 Å². The van der Waals surface area contributed by atoms with Crippen molar-refractivity contribution in [3.8, 4) is 0 Å². The van der Waals surface area contributed by atoms with Crippen molar-refractivity contribution in [1.29, 1.82) is 0 Å². The molecule has 0 bridgehead atoms. The lowest BCUT2D eigenvalue weighted by molar-refractivity contribution is -0.118. The standard InChI is InChI=1S/C15H22BrNO3/c1-4-20-14-8-13(15(14)19-3)17-12-7-5-6-11(16)10(12)9-18-2/h5-7,13-15,17H,4,8-9H2,1-3H3. The van der Waals surface area contributed by atoms with Gasteiger partial charge in [-0.25, -0.2) is 0 Å². The smallest absolute Gasteiger partial charge is 0.103 e. The van der Waals surface area contributed by atoms with Crippen LogP contribution in [0.2, 0.25) is 0 Å².